The monoisotopic (exact) mass is 275 g/mol. The Morgan fingerprint density at radius 3 is 2.74 bits per heavy atom. The molecule has 1 aromatic heterocycles. The van der Waals surface area contributed by atoms with Crippen molar-refractivity contribution >= 4 is 11.6 Å². The van der Waals surface area contributed by atoms with E-state index < -0.39 is 0 Å². The van der Waals surface area contributed by atoms with Crippen LogP contribution in [0.1, 0.15) is 29.8 Å². The first-order chi connectivity index (χ1) is 9.16. The first kappa shape index (κ1) is 12.7. The van der Waals surface area contributed by atoms with Gasteiger partial charge in [0.05, 0.1) is 16.4 Å². The molecule has 1 aliphatic rings. The number of para-hydroxylation sites is 1. The molecule has 0 aliphatic heterocycles. The summed E-state index contributed by atoms with van der Waals surface area (Å²) in [7, 11) is 0. The van der Waals surface area contributed by atoms with Crippen LogP contribution in [-0.2, 0) is 6.54 Å². The number of rotatable bonds is 4. The topological polar surface area (TPSA) is 29.9 Å². The smallest absolute Gasteiger partial charge is 0.0835 e. The van der Waals surface area contributed by atoms with Crippen molar-refractivity contribution in [2.45, 2.75) is 39.3 Å². The lowest BCUT2D eigenvalue weighted by Gasteiger charge is -2.07. The summed E-state index contributed by atoms with van der Waals surface area (Å²) in [6, 6.07) is 8.53. The Morgan fingerprint density at radius 1 is 1.32 bits per heavy atom. The highest BCUT2D eigenvalue weighted by atomic mass is 35.5. The van der Waals surface area contributed by atoms with Crippen LogP contribution in [0.2, 0.25) is 5.02 Å². The van der Waals surface area contributed by atoms with E-state index in [-0.39, 0.29) is 0 Å². The molecule has 3 nitrogen and oxygen atoms in total. The molecule has 1 heterocycles. The zero-order valence-corrected chi connectivity index (χ0v) is 12.0. The lowest BCUT2D eigenvalue weighted by Crippen LogP contribution is -2.16. The molecule has 1 fully saturated rings. The summed E-state index contributed by atoms with van der Waals surface area (Å²) < 4.78 is 1.95. The van der Waals surface area contributed by atoms with E-state index >= 15 is 0 Å². The maximum atomic E-state index is 6.25. The Balaban J connectivity index is 1.94. The number of nitrogens with one attached hydrogen (secondary N) is 1. The van der Waals surface area contributed by atoms with Crippen LogP contribution in [0.4, 0.5) is 0 Å². The Hall–Kier alpha value is -1.32. The molecule has 3 rings (SSSR count). The van der Waals surface area contributed by atoms with Crippen LogP contribution in [0, 0.1) is 13.8 Å². The lowest BCUT2D eigenvalue weighted by atomic mass is 10.2. The van der Waals surface area contributed by atoms with Crippen molar-refractivity contribution in [3.05, 3.63) is 46.2 Å². The second-order valence-corrected chi connectivity index (χ2v) is 5.57. The van der Waals surface area contributed by atoms with Crippen LogP contribution in [0.25, 0.3) is 5.69 Å². The predicted molar refractivity (Wildman–Crippen MR) is 77.9 cm³/mol. The number of aromatic nitrogens is 2. The highest BCUT2D eigenvalue weighted by molar-refractivity contribution is 6.32. The molecular weight excluding hydrogens is 258 g/mol. The van der Waals surface area contributed by atoms with Crippen molar-refractivity contribution in [1.82, 2.24) is 15.1 Å². The van der Waals surface area contributed by atoms with Crippen LogP contribution >= 0.6 is 11.6 Å². The largest absolute Gasteiger partial charge is 0.310 e. The lowest BCUT2D eigenvalue weighted by molar-refractivity contribution is 0.682. The number of hydrogen-bond donors (Lipinski definition) is 1. The molecule has 0 bridgehead atoms. The van der Waals surface area contributed by atoms with E-state index in [1.807, 2.05) is 28.9 Å². The molecule has 0 amide bonds. The minimum Gasteiger partial charge on any atom is -0.310 e. The molecule has 4 heteroatoms. The van der Waals surface area contributed by atoms with E-state index in [9.17, 15) is 0 Å². The quantitative estimate of drug-likeness (QED) is 0.927. The first-order valence-electron chi connectivity index (χ1n) is 6.70. The maximum absolute atomic E-state index is 6.25. The van der Waals surface area contributed by atoms with Crippen molar-refractivity contribution in [3.63, 3.8) is 0 Å². The fourth-order valence-corrected chi connectivity index (χ4v) is 2.54. The van der Waals surface area contributed by atoms with E-state index in [4.69, 9.17) is 11.6 Å². The third-order valence-corrected chi connectivity index (χ3v) is 3.99. The van der Waals surface area contributed by atoms with Gasteiger partial charge in [0, 0.05) is 23.8 Å². The first-order valence-corrected chi connectivity index (χ1v) is 7.08. The van der Waals surface area contributed by atoms with Crippen LogP contribution in [0.15, 0.2) is 24.3 Å². The van der Waals surface area contributed by atoms with Crippen molar-refractivity contribution in [2.24, 2.45) is 0 Å². The van der Waals surface area contributed by atoms with E-state index in [1.165, 1.54) is 24.1 Å². The maximum Gasteiger partial charge on any atom is 0.0835 e. The highest BCUT2D eigenvalue weighted by Crippen LogP contribution is 2.25. The fraction of sp³-hybridized carbons (Fsp3) is 0.400. The molecule has 1 aromatic carbocycles. The Bertz CT molecular complexity index is 599. The van der Waals surface area contributed by atoms with E-state index in [2.05, 4.69) is 24.3 Å². The zero-order valence-electron chi connectivity index (χ0n) is 11.3. The van der Waals surface area contributed by atoms with Gasteiger partial charge in [0.15, 0.2) is 0 Å². The Morgan fingerprint density at radius 2 is 2.05 bits per heavy atom. The third kappa shape index (κ3) is 2.53. The van der Waals surface area contributed by atoms with Gasteiger partial charge in [-0.25, -0.2) is 4.68 Å². The van der Waals surface area contributed by atoms with Gasteiger partial charge < -0.3 is 5.32 Å². The average molecular weight is 276 g/mol. The molecule has 1 aliphatic carbocycles. The molecule has 0 radical (unpaired) electrons. The predicted octanol–water partition coefficient (Wildman–Crippen LogP) is 3.39. The minimum atomic E-state index is 0.711. The SMILES string of the molecule is Cc1nn(-c2ccccc2Cl)c(C)c1CNC1CC1. The Kier molecular flexibility index (Phi) is 3.33. The third-order valence-electron chi connectivity index (χ3n) is 3.67. The average Bonchev–Trinajstić information content (AvgIpc) is 3.17. The van der Waals surface area contributed by atoms with Gasteiger partial charge in [0.2, 0.25) is 0 Å². The van der Waals surface area contributed by atoms with Crippen LogP contribution < -0.4 is 5.32 Å². The number of halogens is 1. The number of nitrogens with zero attached hydrogens (tertiary/aromatic N) is 2. The Labute approximate surface area is 118 Å². The van der Waals surface area contributed by atoms with Gasteiger partial charge >= 0.3 is 0 Å². The van der Waals surface area contributed by atoms with Gasteiger partial charge in [-0.3, -0.25) is 0 Å². The van der Waals surface area contributed by atoms with Gasteiger partial charge in [-0.15, -0.1) is 0 Å². The second kappa shape index (κ2) is 4.99. The normalized spacial score (nSPS) is 14.9. The van der Waals surface area contributed by atoms with Crippen molar-refractivity contribution < 1.29 is 0 Å². The molecule has 100 valence electrons. The van der Waals surface area contributed by atoms with E-state index in [0.717, 1.165) is 22.9 Å². The summed E-state index contributed by atoms with van der Waals surface area (Å²) in [4.78, 5) is 0. The van der Waals surface area contributed by atoms with Crippen LogP contribution in [-0.4, -0.2) is 15.8 Å². The number of aryl methyl sites for hydroxylation is 1. The molecule has 0 spiro atoms. The minimum absolute atomic E-state index is 0.711. The van der Waals surface area contributed by atoms with Crippen LogP contribution in [0.5, 0.6) is 0 Å². The summed E-state index contributed by atoms with van der Waals surface area (Å²) in [5.74, 6) is 0. The molecular formula is C15H18ClN3. The van der Waals surface area contributed by atoms with Gasteiger partial charge in [0.1, 0.15) is 0 Å². The van der Waals surface area contributed by atoms with Gasteiger partial charge in [0.25, 0.3) is 0 Å². The van der Waals surface area contributed by atoms with Crippen molar-refractivity contribution in [1.29, 1.82) is 0 Å². The molecule has 0 atom stereocenters. The van der Waals surface area contributed by atoms with E-state index in [1.54, 1.807) is 0 Å². The fourth-order valence-electron chi connectivity index (χ4n) is 2.32. The van der Waals surface area contributed by atoms with Gasteiger partial charge in [-0.05, 0) is 38.8 Å². The summed E-state index contributed by atoms with van der Waals surface area (Å²) in [5, 5.41) is 8.91. The van der Waals surface area contributed by atoms with E-state index in [0.29, 0.717) is 6.04 Å². The summed E-state index contributed by atoms with van der Waals surface area (Å²) >= 11 is 6.25. The molecule has 2 aromatic rings. The molecule has 19 heavy (non-hydrogen) atoms. The molecule has 1 saturated carbocycles. The molecule has 1 N–H and O–H groups in total. The van der Waals surface area contributed by atoms with Gasteiger partial charge in [-0.2, -0.15) is 5.10 Å². The zero-order chi connectivity index (χ0) is 13.4. The molecule has 0 saturated heterocycles. The summed E-state index contributed by atoms with van der Waals surface area (Å²) in [6.45, 7) is 5.06. The number of hydrogen-bond acceptors (Lipinski definition) is 2. The van der Waals surface area contributed by atoms with Gasteiger partial charge in [-0.1, -0.05) is 23.7 Å². The van der Waals surface area contributed by atoms with Crippen molar-refractivity contribution in [3.8, 4) is 5.69 Å². The summed E-state index contributed by atoms with van der Waals surface area (Å²) in [6.07, 6.45) is 2.60. The standard InChI is InChI=1S/C15H18ClN3/c1-10-13(9-17-12-7-8-12)11(2)19(18-10)15-6-4-3-5-14(15)16/h3-6,12,17H,7-9H2,1-2H3. The van der Waals surface area contributed by atoms with Crippen molar-refractivity contribution in [2.75, 3.05) is 0 Å². The summed E-state index contributed by atoms with van der Waals surface area (Å²) in [5.41, 5.74) is 4.47. The number of benzene rings is 1. The second-order valence-electron chi connectivity index (χ2n) is 5.17. The van der Waals surface area contributed by atoms with Crippen LogP contribution in [0.3, 0.4) is 0 Å². The molecule has 0 unspecified atom stereocenters. The highest BCUT2D eigenvalue weighted by Gasteiger charge is 2.22.